The molecule has 1 amide bonds. The summed E-state index contributed by atoms with van der Waals surface area (Å²) in [7, 11) is 0. The predicted octanol–water partition coefficient (Wildman–Crippen LogP) is 3.96. The van der Waals surface area contributed by atoms with Crippen molar-refractivity contribution < 1.29 is 28.6 Å². The lowest BCUT2D eigenvalue weighted by atomic mass is 9.97. The number of rotatable bonds is 6. The molecule has 1 aliphatic rings. The Hall–Kier alpha value is -3.89. The number of fused-ring (bicyclic) bond motifs is 2. The Labute approximate surface area is 201 Å². The molecule has 0 saturated carbocycles. The van der Waals surface area contributed by atoms with Crippen molar-refractivity contribution in [1.82, 2.24) is 19.9 Å². The van der Waals surface area contributed by atoms with E-state index < -0.39 is 35.1 Å². The van der Waals surface area contributed by atoms with Crippen LogP contribution in [0.3, 0.4) is 0 Å². The zero-order chi connectivity index (χ0) is 25.5. The summed E-state index contributed by atoms with van der Waals surface area (Å²) in [6.07, 6.45) is 1.08. The lowest BCUT2D eigenvalue weighted by Crippen LogP contribution is -2.45. The fourth-order valence-corrected chi connectivity index (χ4v) is 4.00. The number of nitrogens with zero attached hydrogens (tertiary/aromatic N) is 3. The third-order valence-electron chi connectivity index (χ3n) is 5.49. The first kappa shape index (κ1) is 24.2. The Balaban J connectivity index is 1.53. The number of carbonyl (C=O) groups excluding carboxylic acids is 1. The minimum atomic E-state index is -1.15. The van der Waals surface area contributed by atoms with Gasteiger partial charge in [-0.25, -0.2) is 23.5 Å². The number of carboxylic acid groups (broad SMARTS) is 1. The van der Waals surface area contributed by atoms with Gasteiger partial charge >= 0.3 is 12.1 Å². The van der Waals surface area contributed by atoms with Gasteiger partial charge in [-0.05, 0) is 58.9 Å². The average molecular weight is 486 g/mol. The molecule has 1 unspecified atom stereocenters. The van der Waals surface area contributed by atoms with Gasteiger partial charge in [0.2, 0.25) is 0 Å². The number of ether oxygens (including phenoxy) is 2. The molecule has 0 radical (unpaired) electrons. The second kappa shape index (κ2) is 8.71. The molecule has 3 aromatic rings. The van der Waals surface area contributed by atoms with E-state index >= 15 is 0 Å². The Morgan fingerprint density at radius 2 is 2.09 bits per heavy atom. The Bertz CT molecular complexity index is 1300. The van der Waals surface area contributed by atoms with Gasteiger partial charge in [-0.3, -0.25) is 0 Å². The van der Waals surface area contributed by atoms with E-state index in [1.54, 1.807) is 32.9 Å². The molecule has 1 aromatic carbocycles. The molecule has 0 fully saturated rings. The standard InChI is InChI=1S/C24H28FN5O5/c1-13(28-18-6-7-19-26-11-17(21(31)32)30(19)29-18)16-9-15(25)8-14-10-24(5,34-20(14)16)12-27-22(33)35-23(2,3)4/h6-9,11,13H,10,12H2,1-5H3,(H,27,33)(H,28,29)(H,31,32)/t13?,24-/m1/s1. The van der Waals surface area contributed by atoms with Crippen molar-refractivity contribution in [3.05, 3.63) is 53.1 Å². The van der Waals surface area contributed by atoms with Crippen molar-refractivity contribution in [2.24, 2.45) is 0 Å². The maximum Gasteiger partial charge on any atom is 0.407 e. The molecule has 0 saturated heterocycles. The van der Waals surface area contributed by atoms with Gasteiger partial charge in [0.1, 0.15) is 28.6 Å². The number of alkyl carbamates (subject to hydrolysis) is 1. The highest BCUT2D eigenvalue weighted by Crippen LogP contribution is 2.41. The maximum absolute atomic E-state index is 14.5. The molecule has 3 N–H and O–H groups in total. The van der Waals surface area contributed by atoms with Crippen LogP contribution >= 0.6 is 0 Å². The number of halogens is 1. The maximum atomic E-state index is 14.5. The van der Waals surface area contributed by atoms with Gasteiger partial charge in [0, 0.05) is 17.5 Å². The summed E-state index contributed by atoms with van der Waals surface area (Å²) in [6.45, 7) is 9.18. The first-order valence-electron chi connectivity index (χ1n) is 11.2. The van der Waals surface area contributed by atoms with Gasteiger partial charge in [-0.15, -0.1) is 5.10 Å². The van der Waals surface area contributed by atoms with Gasteiger partial charge in [-0.1, -0.05) is 0 Å². The van der Waals surface area contributed by atoms with E-state index in [4.69, 9.17) is 9.47 Å². The highest BCUT2D eigenvalue weighted by Gasteiger charge is 2.38. The lowest BCUT2D eigenvalue weighted by Gasteiger charge is -2.27. The average Bonchev–Trinajstić information content (AvgIpc) is 3.31. The number of amides is 1. The van der Waals surface area contributed by atoms with Crippen LogP contribution in [0.4, 0.5) is 15.0 Å². The van der Waals surface area contributed by atoms with Crippen LogP contribution in [0.1, 0.15) is 62.3 Å². The van der Waals surface area contributed by atoms with Crippen molar-refractivity contribution in [1.29, 1.82) is 0 Å². The van der Waals surface area contributed by atoms with E-state index in [1.165, 1.54) is 22.8 Å². The number of aromatic carboxylic acids is 1. The molecule has 3 heterocycles. The van der Waals surface area contributed by atoms with E-state index in [-0.39, 0.29) is 12.2 Å². The topological polar surface area (TPSA) is 127 Å². The predicted molar refractivity (Wildman–Crippen MR) is 125 cm³/mol. The number of hydrogen-bond acceptors (Lipinski definition) is 7. The molecule has 0 aliphatic carbocycles. The van der Waals surface area contributed by atoms with Crippen LogP contribution in [0.2, 0.25) is 0 Å². The molecule has 186 valence electrons. The smallest absolute Gasteiger partial charge is 0.407 e. The normalized spacial score (nSPS) is 18.0. The number of carbonyl (C=O) groups is 2. The van der Waals surface area contributed by atoms with Gasteiger partial charge in [0.25, 0.3) is 0 Å². The minimum Gasteiger partial charge on any atom is -0.485 e. The molecule has 0 spiro atoms. The quantitative estimate of drug-likeness (QED) is 0.479. The number of imidazole rings is 1. The van der Waals surface area contributed by atoms with E-state index in [0.717, 1.165) is 0 Å². The van der Waals surface area contributed by atoms with Crippen molar-refractivity contribution in [2.75, 3.05) is 11.9 Å². The van der Waals surface area contributed by atoms with E-state index in [0.29, 0.717) is 34.8 Å². The summed E-state index contributed by atoms with van der Waals surface area (Å²) < 4.78 is 27.3. The van der Waals surface area contributed by atoms with Crippen molar-refractivity contribution >= 4 is 23.5 Å². The van der Waals surface area contributed by atoms with E-state index in [9.17, 15) is 19.1 Å². The molecule has 2 atom stereocenters. The molecular weight excluding hydrogens is 457 g/mol. The van der Waals surface area contributed by atoms with Gasteiger partial charge in [0.15, 0.2) is 11.3 Å². The monoisotopic (exact) mass is 485 g/mol. The van der Waals surface area contributed by atoms with Crippen molar-refractivity contribution in [3.63, 3.8) is 0 Å². The van der Waals surface area contributed by atoms with Gasteiger partial charge in [-0.2, -0.15) is 0 Å². The number of carboxylic acids is 1. The number of anilines is 1. The van der Waals surface area contributed by atoms with Crippen LogP contribution in [0.25, 0.3) is 5.65 Å². The first-order chi connectivity index (χ1) is 16.3. The van der Waals surface area contributed by atoms with Crippen LogP contribution in [-0.4, -0.2) is 49.5 Å². The van der Waals surface area contributed by atoms with Crippen LogP contribution in [0.15, 0.2) is 30.5 Å². The Kier molecular flexibility index (Phi) is 6.04. The highest BCUT2D eigenvalue weighted by molar-refractivity contribution is 5.86. The zero-order valence-corrected chi connectivity index (χ0v) is 20.2. The minimum absolute atomic E-state index is 0.0699. The summed E-state index contributed by atoms with van der Waals surface area (Å²) in [5.74, 6) is -0.636. The molecule has 11 heteroatoms. The van der Waals surface area contributed by atoms with Gasteiger partial charge < -0.3 is 25.2 Å². The Morgan fingerprint density at radius 1 is 1.34 bits per heavy atom. The Morgan fingerprint density at radius 3 is 2.77 bits per heavy atom. The van der Waals surface area contributed by atoms with Crippen LogP contribution in [-0.2, 0) is 11.2 Å². The summed E-state index contributed by atoms with van der Waals surface area (Å²) in [5, 5.41) is 19.5. The first-order valence-corrected chi connectivity index (χ1v) is 11.2. The zero-order valence-electron chi connectivity index (χ0n) is 20.2. The number of benzene rings is 1. The third kappa shape index (κ3) is 5.28. The van der Waals surface area contributed by atoms with Crippen molar-refractivity contribution in [2.45, 2.75) is 58.3 Å². The summed E-state index contributed by atoms with van der Waals surface area (Å²) in [6, 6.07) is 5.70. The summed E-state index contributed by atoms with van der Waals surface area (Å²) in [5.41, 5.74) is 0.177. The fourth-order valence-electron chi connectivity index (χ4n) is 4.00. The van der Waals surface area contributed by atoms with Gasteiger partial charge in [0.05, 0.1) is 18.8 Å². The molecule has 10 nitrogen and oxygen atoms in total. The van der Waals surface area contributed by atoms with E-state index in [2.05, 4.69) is 20.7 Å². The molecule has 35 heavy (non-hydrogen) atoms. The number of nitrogens with one attached hydrogen (secondary N) is 2. The summed E-state index contributed by atoms with van der Waals surface area (Å²) >= 11 is 0. The largest absolute Gasteiger partial charge is 0.485 e. The fraction of sp³-hybridized carbons (Fsp3) is 0.417. The van der Waals surface area contributed by atoms with Crippen LogP contribution in [0.5, 0.6) is 5.75 Å². The third-order valence-corrected chi connectivity index (χ3v) is 5.49. The highest BCUT2D eigenvalue weighted by atomic mass is 19.1. The van der Waals surface area contributed by atoms with Crippen LogP contribution < -0.4 is 15.4 Å². The molecule has 1 aliphatic heterocycles. The molecule has 2 aromatic heterocycles. The lowest BCUT2D eigenvalue weighted by molar-refractivity contribution is 0.0447. The second-order valence-electron chi connectivity index (χ2n) is 9.87. The summed E-state index contributed by atoms with van der Waals surface area (Å²) in [4.78, 5) is 27.5. The molecule has 0 bridgehead atoms. The van der Waals surface area contributed by atoms with Crippen molar-refractivity contribution in [3.8, 4) is 5.75 Å². The molecular formula is C24H28FN5O5. The number of hydrogen-bond donors (Lipinski definition) is 3. The molecule has 4 rings (SSSR count). The number of aromatic nitrogens is 3. The van der Waals surface area contributed by atoms with Crippen LogP contribution in [0, 0.1) is 5.82 Å². The second-order valence-corrected chi connectivity index (χ2v) is 9.87. The SMILES string of the molecule is CC(Nc1ccc2ncc(C(=O)O)n2n1)c1cc(F)cc2c1O[C@@](C)(CNC(=O)OC(C)(C)C)C2. The van der Waals surface area contributed by atoms with E-state index in [1.807, 2.05) is 13.8 Å².